The second-order valence-corrected chi connectivity index (χ2v) is 10.1. The Balaban J connectivity index is 2.11. The van der Waals surface area contributed by atoms with Crippen molar-refractivity contribution in [3.05, 3.63) is 47.5 Å². The Hall–Kier alpha value is -2.03. The number of thioether (sulfide) groups is 1. The van der Waals surface area contributed by atoms with Crippen LogP contribution in [0.2, 0.25) is 0 Å². The number of carbonyl (C=O) groups is 1. The van der Waals surface area contributed by atoms with Crippen molar-refractivity contribution in [3.8, 4) is 5.75 Å². The summed E-state index contributed by atoms with van der Waals surface area (Å²) in [5, 5.41) is 2.81. The van der Waals surface area contributed by atoms with Crippen LogP contribution < -0.4 is 14.8 Å². The normalized spacial score (nSPS) is 12.6. The average molecular weight is 451 g/mol. The molecule has 0 aliphatic heterocycles. The number of hydrogen-bond acceptors (Lipinski definition) is 5. The van der Waals surface area contributed by atoms with Gasteiger partial charge in [-0.15, -0.1) is 11.8 Å². The molecular formula is C22H30N2O4S2. The predicted octanol–water partition coefficient (Wildman–Crippen LogP) is 4.37. The Morgan fingerprint density at radius 2 is 1.77 bits per heavy atom. The molecule has 30 heavy (non-hydrogen) atoms. The van der Waals surface area contributed by atoms with Gasteiger partial charge in [0.05, 0.1) is 16.6 Å². The molecule has 0 spiro atoms. The van der Waals surface area contributed by atoms with Gasteiger partial charge in [-0.05, 0) is 68.5 Å². The molecule has 0 heterocycles. The van der Waals surface area contributed by atoms with Gasteiger partial charge in [-0.25, -0.2) is 13.1 Å². The van der Waals surface area contributed by atoms with Crippen LogP contribution in [0.1, 0.15) is 31.9 Å². The van der Waals surface area contributed by atoms with E-state index in [1.165, 1.54) is 29.5 Å². The summed E-state index contributed by atoms with van der Waals surface area (Å²) in [7, 11) is -3.77. The summed E-state index contributed by atoms with van der Waals surface area (Å²) >= 11 is 1.44. The number of anilines is 1. The van der Waals surface area contributed by atoms with E-state index in [2.05, 4.69) is 10.0 Å². The lowest BCUT2D eigenvalue weighted by Gasteiger charge is -2.17. The molecule has 2 N–H and O–H groups in total. The fraction of sp³-hybridized carbons (Fsp3) is 0.409. The average Bonchev–Trinajstić information content (AvgIpc) is 2.68. The number of benzene rings is 2. The first-order chi connectivity index (χ1) is 14.0. The molecule has 0 saturated heterocycles. The predicted molar refractivity (Wildman–Crippen MR) is 123 cm³/mol. The Labute approximate surface area is 183 Å². The van der Waals surface area contributed by atoms with Crippen LogP contribution >= 0.6 is 11.8 Å². The molecule has 164 valence electrons. The van der Waals surface area contributed by atoms with E-state index in [0.717, 1.165) is 10.5 Å². The molecule has 0 radical (unpaired) electrons. The largest absolute Gasteiger partial charge is 0.492 e. The first-order valence-corrected chi connectivity index (χ1v) is 12.5. The topological polar surface area (TPSA) is 84.5 Å². The second kappa shape index (κ2) is 10.3. The van der Waals surface area contributed by atoms with Crippen molar-refractivity contribution in [2.75, 3.05) is 18.2 Å². The van der Waals surface area contributed by atoms with Gasteiger partial charge in [0.15, 0.2) is 0 Å². The quantitative estimate of drug-likeness (QED) is 0.554. The number of rotatable bonds is 9. The molecule has 2 rings (SSSR count). The minimum atomic E-state index is -3.77. The molecule has 1 amide bonds. The van der Waals surface area contributed by atoms with Crippen LogP contribution in [0.3, 0.4) is 0 Å². The highest BCUT2D eigenvalue weighted by Crippen LogP contribution is 2.28. The van der Waals surface area contributed by atoms with Crippen molar-refractivity contribution >= 4 is 33.4 Å². The molecule has 0 aliphatic carbocycles. The van der Waals surface area contributed by atoms with Crippen molar-refractivity contribution in [3.63, 3.8) is 0 Å². The fourth-order valence-corrected chi connectivity index (χ4v) is 4.41. The number of amides is 1. The summed E-state index contributed by atoms with van der Waals surface area (Å²) in [6.45, 7) is 9.54. The van der Waals surface area contributed by atoms with Gasteiger partial charge in [0.1, 0.15) is 12.4 Å². The van der Waals surface area contributed by atoms with Crippen LogP contribution in [-0.4, -0.2) is 33.2 Å². The van der Waals surface area contributed by atoms with Crippen LogP contribution in [0.25, 0.3) is 0 Å². The van der Waals surface area contributed by atoms with E-state index in [-0.39, 0.29) is 23.3 Å². The summed E-state index contributed by atoms with van der Waals surface area (Å²) in [6, 6.07) is 10.1. The zero-order valence-corrected chi connectivity index (χ0v) is 19.9. The molecule has 0 bridgehead atoms. The van der Waals surface area contributed by atoms with Crippen LogP contribution in [0.15, 0.2) is 46.2 Å². The number of ether oxygens (including phenoxy) is 1. The number of aryl methyl sites for hydroxylation is 2. The lowest BCUT2D eigenvalue weighted by molar-refractivity contribution is -0.118. The summed E-state index contributed by atoms with van der Waals surface area (Å²) in [5.41, 5.74) is 2.78. The van der Waals surface area contributed by atoms with Gasteiger partial charge in [0, 0.05) is 10.8 Å². The standard InChI is InChI=1S/C22H30N2O4S2/c1-14(2)22(25)23-20-12-19(9-10-21(20)29-6)30(26,27)24-17(5)13-28-18-8-7-15(3)16(4)11-18/h7-12,14,17,24H,13H2,1-6H3,(H,23,25)/t17-/m1/s1. The molecule has 0 aliphatic rings. The van der Waals surface area contributed by atoms with Crippen LogP contribution in [0.4, 0.5) is 5.69 Å². The van der Waals surface area contributed by atoms with E-state index in [9.17, 15) is 13.2 Å². The van der Waals surface area contributed by atoms with Crippen LogP contribution in [0.5, 0.6) is 5.75 Å². The van der Waals surface area contributed by atoms with Crippen LogP contribution in [-0.2, 0) is 14.8 Å². The van der Waals surface area contributed by atoms with Crippen molar-refractivity contribution in [1.29, 1.82) is 0 Å². The molecule has 0 fully saturated rings. The lowest BCUT2D eigenvalue weighted by Crippen LogP contribution is -2.36. The van der Waals surface area contributed by atoms with E-state index in [1.807, 2.05) is 38.3 Å². The zero-order valence-electron chi connectivity index (χ0n) is 18.3. The van der Waals surface area contributed by atoms with Gasteiger partial charge in [-0.2, -0.15) is 0 Å². The Kier molecular flexibility index (Phi) is 8.34. The molecule has 2 aromatic rings. The SMILES string of the molecule is CSc1ccc(S(=O)(=O)N[C@H](C)COc2ccc(C)c(C)c2)cc1NC(=O)C(C)C. The Bertz CT molecular complexity index is 1000. The molecule has 1 atom stereocenters. The van der Waals surface area contributed by atoms with Crippen molar-refractivity contribution in [2.45, 2.75) is 50.5 Å². The number of hydrogen-bond donors (Lipinski definition) is 2. The highest BCUT2D eigenvalue weighted by atomic mass is 32.2. The van der Waals surface area contributed by atoms with E-state index in [4.69, 9.17) is 4.74 Å². The number of nitrogens with one attached hydrogen (secondary N) is 2. The van der Waals surface area contributed by atoms with Gasteiger partial charge in [0.2, 0.25) is 15.9 Å². The maximum Gasteiger partial charge on any atom is 0.241 e. The molecule has 8 heteroatoms. The second-order valence-electron chi connectivity index (χ2n) is 7.59. The monoisotopic (exact) mass is 450 g/mol. The first kappa shape index (κ1) is 24.2. The highest BCUT2D eigenvalue weighted by molar-refractivity contribution is 7.98. The highest BCUT2D eigenvalue weighted by Gasteiger charge is 2.20. The zero-order chi connectivity index (χ0) is 22.5. The fourth-order valence-electron chi connectivity index (χ4n) is 2.62. The summed E-state index contributed by atoms with van der Waals surface area (Å²) in [5.74, 6) is 0.329. The van der Waals surface area contributed by atoms with Gasteiger partial charge < -0.3 is 10.1 Å². The van der Waals surface area contributed by atoms with E-state index >= 15 is 0 Å². The van der Waals surface area contributed by atoms with Crippen molar-refractivity contribution in [1.82, 2.24) is 4.72 Å². The smallest absolute Gasteiger partial charge is 0.241 e. The third-order valence-electron chi connectivity index (χ3n) is 4.60. The number of sulfonamides is 1. The molecule has 0 unspecified atom stereocenters. The summed E-state index contributed by atoms with van der Waals surface area (Å²) in [6.07, 6.45) is 1.87. The molecule has 0 aromatic heterocycles. The van der Waals surface area contributed by atoms with Gasteiger partial charge in [0.25, 0.3) is 0 Å². The minimum Gasteiger partial charge on any atom is -0.492 e. The third kappa shape index (κ3) is 6.48. The Morgan fingerprint density at radius 3 is 2.37 bits per heavy atom. The number of carbonyl (C=O) groups excluding carboxylic acids is 1. The van der Waals surface area contributed by atoms with E-state index in [1.54, 1.807) is 26.8 Å². The summed E-state index contributed by atoms with van der Waals surface area (Å²) < 4.78 is 34.1. The van der Waals surface area contributed by atoms with E-state index in [0.29, 0.717) is 11.4 Å². The summed E-state index contributed by atoms with van der Waals surface area (Å²) in [4.78, 5) is 13.0. The van der Waals surface area contributed by atoms with Crippen molar-refractivity contribution in [2.24, 2.45) is 5.92 Å². The molecule has 6 nitrogen and oxygen atoms in total. The Morgan fingerprint density at radius 1 is 1.07 bits per heavy atom. The molecular weight excluding hydrogens is 420 g/mol. The minimum absolute atomic E-state index is 0.0948. The molecule has 2 aromatic carbocycles. The van der Waals surface area contributed by atoms with Gasteiger partial charge >= 0.3 is 0 Å². The maximum absolute atomic E-state index is 12.8. The third-order valence-corrected chi connectivity index (χ3v) is 6.98. The molecule has 0 saturated carbocycles. The maximum atomic E-state index is 12.8. The van der Waals surface area contributed by atoms with Gasteiger partial charge in [-0.3, -0.25) is 4.79 Å². The van der Waals surface area contributed by atoms with Gasteiger partial charge in [-0.1, -0.05) is 19.9 Å². The van der Waals surface area contributed by atoms with E-state index < -0.39 is 16.1 Å². The lowest BCUT2D eigenvalue weighted by atomic mass is 10.1. The van der Waals surface area contributed by atoms with Crippen molar-refractivity contribution < 1.29 is 17.9 Å². The first-order valence-electron chi connectivity index (χ1n) is 9.74. The van der Waals surface area contributed by atoms with Crippen LogP contribution in [0, 0.1) is 19.8 Å².